The maximum atomic E-state index is 13.0. The lowest BCUT2D eigenvalue weighted by atomic mass is 10.0. The van der Waals surface area contributed by atoms with E-state index in [4.69, 9.17) is 37.0 Å². The molecule has 3 unspecified atom stereocenters. The van der Waals surface area contributed by atoms with Gasteiger partial charge in [0.15, 0.2) is 12.2 Å². The zero-order chi connectivity index (χ0) is 61.1. The first-order valence-corrected chi connectivity index (χ1v) is 35.7. The lowest BCUT2D eigenvalue weighted by molar-refractivity contribution is -0.161. The summed E-state index contributed by atoms with van der Waals surface area (Å²) in [6.07, 6.45) is 32.4. The normalized spacial score (nSPS) is 14.5. The average molecular weight is 1210 g/mol. The van der Waals surface area contributed by atoms with E-state index in [9.17, 15) is 43.2 Å². The molecule has 17 nitrogen and oxygen atoms in total. The number of phosphoric acid groups is 2. The Morgan fingerprint density at radius 2 is 0.512 bits per heavy atom. The molecule has 0 aliphatic rings. The van der Waals surface area contributed by atoms with Crippen LogP contribution in [0.1, 0.15) is 299 Å². The van der Waals surface area contributed by atoms with E-state index in [2.05, 4.69) is 55.4 Å². The van der Waals surface area contributed by atoms with Gasteiger partial charge in [-0.25, -0.2) is 9.13 Å². The van der Waals surface area contributed by atoms with E-state index >= 15 is 0 Å². The van der Waals surface area contributed by atoms with Crippen LogP contribution in [0.4, 0.5) is 0 Å². The molecule has 82 heavy (non-hydrogen) atoms. The first kappa shape index (κ1) is 80.1. The van der Waals surface area contributed by atoms with E-state index in [0.717, 1.165) is 115 Å². The van der Waals surface area contributed by atoms with Crippen molar-refractivity contribution in [3.8, 4) is 0 Å². The van der Waals surface area contributed by atoms with E-state index in [0.29, 0.717) is 37.5 Å². The molecule has 0 rings (SSSR count). The van der Waals surface area contributed by atoms with Crippen LogP contribution in [0.2, 0.25) is 0 Å². The van der Waals surface area contributed by atoms with Crippen LogP contribution in [-0.2, 0) is 65.4 Å². The Balaban J connectivity index is 5.25. The molecule has 0 aromatic carbocycles. The molecule has 0 heterocycles. The number of esters is 4. The van der Waals surface area contributed by atoms with Crippen molar-refractivity contribution >= 4 is 39.5 Å². The monoisotopic (exact) mass is 1210 g/mol. The van der Waals surface area contributed by atoms with Gasteiger partial charge in [-0.2, -0.15) is 0 Å². The van der Waals surface area contributed by atoms with Gasteiger partial charge in [0.2, 0.25) is 0 Å². The van der Waals surface area contributed by atoms with Crippen molar-refractivity contribution in [3.63, 3.8) is 0 Å². The van der Waals surface area contributed by atoms with E-state index in [1.807, 2.05) is 0 Å². The van der Waals surface area contributed by atoms with E-state index in [1.165, 1.54) is 89.9 Å². The van der Waals surface area contributed by atoms with Gasteiger partial charge >= 0.3 is 39.5 Å². The highest BCUT2D eigenvalue weighted by atomic mass is 31.2. The lowest BCUT2D eigenvalue weighted by Gasteiger charge is -2.21. The number of hydrogen-bond acceptors (Lipinski definition) is 15. The fourth-order valence-corrected chi connectivity index (χ4v) is 10.8. The van der Waals surface area contributed by atoms with Gasteiger partial charge in [0.1, 0.15) is 19.3 Å². The number of carbonyl (C=O) groups is 4. The molecule has 0 aromatic heterocycles. The highest BCUT2D eigenvalue weighted by Crippen LogP contribution is 2.45. The number of rotatable bonds is 60. The molecule has 3 N–H and O–H groups in total. The van der Waals surface area contributed by atoms with Crippen LogP contribution in [0.5, 0.6) is 0 Å². The van der Waals surface area contributed by atoms with Gasteiger partial charge in [-0.15, -0.1) is 0 Å². The fourth-order valence-electron chi connectivity index (χ4n) is 9.25. The molecule has 5 atom stereocenters. The summed E-state index contributed by atoms with van der Waals surface area (Å²) in [7, 11) is -9.89. The predicted octanol–water partition coefficient (Wildman–Crippen LogP) is 17.0. The number of carbonyl (C=O) groups excluding carboxylic acids is 4. The van der Waals surface area contributed by atoms with Gasteiger partial charge < -0.3 is 33.8 Å². The van der Waals surface area contributed by atoms with Crippen LogP contribution < -0.4 is 0 Å². The average Bonchev–Trinajstić information content (AvgIpc) is 3.41. The third-order valence-corrected chi connectivity index (χ3v) is 16.2. The maximum Gasteiger partial charge on any atom is 0.472 e. The van der Waals surface area contributed by atoms with Crippen molar-refractivity contribution in [2.75, 3.05) is 39.6 Å². The van der Waals surface area contributed by atoms with Gasteiger partial charge in [-0.3, -0.25) is 37.3 Å². The van der Waals surface area contributed by atoms with Crippen molar-refractivity contribution in [1.82, 2.24) is 0 Å². The van der Waals surface area contributed by atoms with E-state index in [-0.39, 0.29) is 25.7 Å². The molecule has 0 spiro atoms. The third kappa shape index (κ3) is 57.2. The minimum absolute atomic E-state index is 0.103. The summed E-state index contributed by atoms with van der Waals surface area (Å²) >= 11 is 0. The van der Waals surface area contributed by atoms with Crippen LogP contribution in [0.15, 0.2) is 0 Å². The summed E-state index contributed by atoms with van der Waals surface area (Å²) in [5.41, 5.74) is 0. The van der Waals surface area contributed by atoms with Gasteiger partial charge in [-0.1, -0.05) is 248 Å². The van der Waals surface area contributed by atoms with Crippen molar-refractivity contribution in [3.05, 3.63) is 0 Å². The van der Waals surface area contributed by atoms with Gasteiger partial charge in [0.25, 0.3) is 0 Å². The number of aliphatic hydroxyl groups excluding tert-OH is 1. The van der Waals surface area contributed by atoms with E-state index in [1.54, 1.807) is 0 Å². The molecule has 486 valence electrons. The van der Waals surface area contributed by atoms with Crippen molar-refractivity contribution in [2.24, 2.45) is 23.7 Å². The zero-order valence-electron chi connectivity index (χ0n) is 53.1. The second-order valence-corrected chi connectivity index (χ2v) is 27.6. The summed E-state index contributed by atoms with van der Waals surface area (Å²) in [4.78, 5) is 72.1. The predicted molar refractivity (Wildman–Crippen MR) is 326 cm³/mol. The second-order valence-electron chi connectivity index (χ2n) is 24.7. The van der Waals surface area contributed by atoms with Crippen molar-refractivity contribution < 1.29 is 80.2 Å². The lowest BCUT2D eigenvalue weighted by Crippen LogP contribution is -2.30. The van der Waals surface area contributed by atoms with Crippen LogP contribution in [0.3, 0.4) is 0 Å². The molecule has 0 aromatic rings. The highest BCUT2D eigenvalue weighted by Gasteiger charge is 2.30. The number of aliphatic hydroxyl groups is 1. The van der Waals surface area contributed by atoms with Gasteiger partial charge in [0, 0.05) is 25.7 Å². The van der Waals surface area contributed by atoms with Gasteiger partial charge in [0.05, 0.1) is 26.4 Å². The molecule has 0 aliphatic carbocycles. The molecular formula is C63H122O17P2. The Hall–Kier alpha value is -1.94. The Kier molecular flexibility index (Phi) is 52.0. The van der Waals surface area contributed by atoms with Crippen LogP contribution in [-0.4, -0.2) is 96.7 Å². The Morgan fingerprint density at radius 3 is 0.756 bits per heavy atom. The Bertz CT molecular complexity index is 1640. The fraction of sp³-hybridized carbons (Fsp3) is 0.937. The van der Waals surface area contributed by atoms with Crippen LogP contribution in [0.25, 0.3) is 0 Å². The molecule has 0 saturated carbocycles. The largest absolute Gasteiger partial charge is 0.472 e. The number of ether oxygens (including phenoxy) is 4. The Labute approximate surface area is 498 Å². The van der Waals surface area contributed by atoms with Crippen molar-refractivity contribution in [1.29, 1.82) is 0 Å². The molecule has 0 fully saturated rings. The molecule has 0 saturated heterocycles. The molecule has 19 heteroatoms. The summed E-state index contributed by atoms with van der Waals surface area (Å²) < 4.78 is 67.9. The number of phosphoric ester groups is 2. The minimum atomic E-state index is -4.94. The van der Waals surface area contributed by atoms with Crippen molar-refractivity contribution in [2.45, 2.75) is 318 Å². The standard InChI is InChI=1S/C63H122O17P2/c1-53(2)39-31-23-15-10-9-11-18-29-37-45-62(67)79-59(50-74-61(66)44-36-28-22-21-26-34-42-56(7)8)52-78-82(71,72)76-48-57(64)47-75-81(69,70)77-51-58(49-73-60(65)43-35-27-20-14-17-25-33-41-55(5)6)80-63(68)46-38-30-19-13-12-16-24-32-40-54(3)4/h53-59,64H,9-52H2,1-8H3,(H,69,70)(H,71,72)/t57?,58-,59-/m1/s1. The minimum Gasteiger partial charge on any atom is -0.462 e. The van der Waals surface area contributed by atoms with Crippen LogP contribution >= 0.6 is 15.6 Å². The highest BCUT2D eigenvalue weighted by molar-refractivity contribution is 7.47. The second kappa shape index (κ2) is 53.3. The summed E-state index contributed by atoms with van der Waals surface area (Å²) in [5, 5.41) is 10.5. The topological polar surface area (TPSA) is 237 Å². The van der Waals surface area contributed by atoms with Crippen LogP contribution in [0, 0.1) is 23.7 Å². The maximum absolute atomic E-state index is 13.0. The van der Waals surface area contributed by atoms with Gasteiger partial charge in [-0.05, 0) is 49.4 Å². The quantitative estimate of drug-likeness (QED) is 0.0222. The molecule has 0 radical (unpaired) electrons. The molecule has 0 bridgehead atoms. The number of hydrogen-bond donors (Lipinski definition) is 3. The summed E-state index contributed by atoms with van der Waals surface area (Å²) in [6.45, 7) is 13.9. The summed E-state index contributed by atoms with van der Waals surface area (Å²) in [6, 6.07) is 0. The summed E-state index contributed by atoms with van der Waals surface area (Å²) in [5.74, 6) is 0.695. The molecule has 0 amide bonds. The third-order valence-electron chi connectivity index (χ3n) is 14.3. The number of unbranched alkanes of at least 4 members (excludes halogenated alkanes) is 26. The zero-order valence-corrected chi connectivity index (χ0v) is 54.9. The SMILES string of the molecule is CC(C)CCCCCCCCCCCC(=O)O[C@H](COC(=O)CCCCCCCCC(C)C)COP(=O)(O)OCC(O)COP(=O)(O)OC[C@@H](COC(=O)CCCCCCCCCC(C)C)OC(=O)CCCCCCCCCCC(C)C. The first-order chi connectivity index (χ1) is 39.1. The molecule has 0 aliphatic heterocycles. The first-order valence-electron chi connectivity index (χ1n) is 32.7. The molecular weight excluding hydrogens is 1090 g/mol. The Morgan fingerprint density at radius 1 is 0.305 bits per heavy atom. The smallest absolute Gasteiger partial charge is 0.462 e. The van der Waals surface area contributed by atoms with E-state index < -0.39 is 97.5 Å².